The number of nitrogens with one attached hydrogen (secondary N) is 3. The van der Waals surface area contributed by atoms with Gasteiger partial charge in [-0.1, -0.05) is 65.7 Å². The number of rotatable bonds is 9. The van der Waals surface area contributed by atoms with Crippen LogP contribution in [-0.4, -0.2) is 70.1 Å². The molecule has 0 saturated carbocycles. The molecule has 250 valence electrons. The van der Waals surface area contributed by atoms with Crippen LogP contribution in [0, 0.1) is 0 Å². The summed E-state index contributed by atoms with van der Waals surface area (Å²) in [6.07, 6.45) is 3.97. The number of aliphatic imine (C=N–C) groups is 1. The van der Waals surface area contributed by atoms with Crippen molar-refractivity contribution < 1.29 is 14.6 Å². The number of aromatic nitrogens is 3. The molecule has 1 unspecified atom stereocenters. The quantitative estimate of drug-likeness (QED) is 0.177. The normalized spacial score (nSPS) is 17.5. The van der Waals surface area contributed by atoms with Gasteiger partial charge in [-0.25, -0.2) is 9.97 Å². The molecule has 2 aliphatic rings. The van der Waals surface area contributed by atoms with Crippen molar-refractivity contribution in [1.29, 1.82) is 0 Å². The van der Waals surface area contributed by atoms with E-state index in [9.17, 15) is 14.7 Å². The number of ether oxygens (including phenoxy) is 1. The Hall–Kier alpha value is -4.81. The molecule has 0 bridgehead atoms. The number of hydrogen-bond acceptors (Lipinski definition) is 9. The van der Waals surface area contributed by atoms with Crippen LogP contribution in [0.25, 0.3) is 39.2 Å². The Labute approximate surface area is 292 Å². The van der Waals surface area contributed by atoms with E-state index in [-0.39, 0.29) is 24.1 Å². The zero-order chi connectivity index (χ0) is 34.1. The van der Waals surface area contributed by atoms with E-state index in [0.717, 1.165) is 39.8 Å². The topological polar surface area (TPSA) is 142 Å². The van der Waals surface area contributed by atoms with Crippen molar-refractivity contribution in [3.05, 3.63) is 105 Å². The lowest BCUT2D eigenvalue weighted by Crippen LogP contribution is -2.42. The molecule has 0 spiro atoms. The van der Waals surface area contributed by atoms with Crippen LogP contribution < -0.4 is 26.2 Å². The van der Waals surface area contributed by atoms with Crippen LogP contribution in [0.3, 0.4) is 0 Å². The molecule has 0 radical (unpaired) electrons. The minimum atomic E-state index is -0.583. The van der Waals surface area contributed by atoms with Gasteiger partial charge in [0, 0.05) is 72.3 Å². The van der Waals surface area contributed by atoms with Gasteiger partial charge in [0.2, 0.25) is 11.8 Å². The number of fused-ring (bicyclic) bond motifs is 1. The monoisotopic (exact) mass is 697 g/mol. The summed E-state index contributed by atoms with van der Waals surface area (Å²) in [5, 5.41) is 20.1. The molecule has 1 saturated heterocycles. The summed E-state index contributed by atoms with van der Waals surface area (Å²) in [6, 6.07) is 19.1. The highest BCUT2D eigenvalue weighted by Gasteiger charge is 2.22. The van der Waals surface area contributed by atoms with Gasteiger partial charge < -0.3 is 25.8 Å². The number of nitrogens with zero attached hydrogens (tertiary/aromatic N) is 4. The summed E-state index contributed by atoms with van der Waals surface area (Å²) in [7, 11) is 1.59. The second-order valence-corrected chi connectivity index (χ2v) is 12.7. The van der Waals surface area contributed by atoms with Crippen molar-refractivity contribution in [1.82, 2.24) is 30.3 Å². The van der Waals surface area contributed by atoms with Gasteiger partial charge in [0.05, 0.1) is 35.5 Å². The highest BCUT2D eigenvalue weighted by molar-refractivity contribution is 6.39. The summed E-state index contributed by atoms with van der Waals surface area (Å²) in [4.78, 5) is 38.4. The van der Waals surface area contributed by atoms with Gasteiger partial charge in [0.1, 0.15) is 17.0 Å². The van der Waals surface area contributed by atoms with Crippen molar-refractivity contribution >= 4 is 40.6 Å². The third-order valence-electron chi connectivity index (χ3n) is 8.73. The zero-order valence-corrected chi connectivity index (χ0v) is 28.1. The summed E-state index contributed by atoms with van der Waals surface area (Å²) >= 11 is 14.2. The first-order valence-corrected chi connectivity index (χ1v) is 16.7. The number of amides is 1. The highest BCUT2D eigenvalue weighted by atomic mass is 35.5. The molecule has 2 aliphatic heterocycles. The maximum absolute atomic E-state index is 13.3. The van der Waals surface area contributed by atoms with E-state index in [4.69, 9.17) is 32.9 Å². The standard InChI is InChI=1S/C36H33Cl2N7O4/c1-49-35-21(15-39-16-22-9-11-31(47)43-22)8-10-29(44-35)27-7-3-6-26(33(27)38)25-5-2-4-24(32(25)37)20-12-13-45-30(14-20)40-19-28(36(45)48)34-41-17-23(46)18-42-34/h2-8,10,12-14,19,22-23,39,46H,9,11,15-18H2,1H3,(H,41,42)(H,43,47)/t22-/m0/s1. The van der Waals surface area contributed by atoms with E-state index in [0.29, 0.717) is 64.7 Å². The van der Waals surface area contributed by atoms with E-state index in [1.165, 1.54) is 10.6 Å². The molecule has 0 aliphatic carbocycles. The summed E-state index contributed by atoms with van der Waals surface area (Å²) in [5.41, 5.74) is 5.79. The van der Waals surface area contributed by atoms with Crippen molar-refractivity contribution in [3.63, 3.8) is 0 Å². The smallest absolute Gasteiger partial charge is 0.268 e. The van der Waals surface area contributed by atoms with Crippen LogP contribution in [0.4, 0.5) is 0 Å². The van der Waals surface area contributed by atoms with Crippen LogP contribution in [0.2, 0.25) is 10.0 Å². The fourth-order valence-electron chi connectivity index (χ4n) is 6.16. The molecular formula is C36H33Cl2N7O4. The van der Waals surface area contributed by atoms with E-state index >= 15 is 0 Å². The third kappa shape index (κ3) is 6.62. The SMILES string of the molecule is COc1nc(-c2cccc(-c3cccc(-c4ccn5c(=O)c(C6=NCC(O)CN6)cnc5c4)c3Cl)c2Cl)ccc1CNC[C@@H]1CCC(=O)N1. The van der Waals surface area contributed by atoms with Gasteiger partial charge in [-0.2, -0.15) is 0 Å². The van der Waals surface area contributed by atoms with E-state index in [2.05, 4.69) is 25.9 Å². The molecule has 1 amide bonds. The first kappa shape index (κ1) is 32.7. The average molecular weight is 699 g/mol. The van der Waals surface area contributed by atoms with E-state index in [1.54, 1.807) is 13.3 Å². The summed E-state index contributed by atoms with van der Waals surface area (Å²) in [5.74, 6) is 0.998. The fraction of sp³-hybridized carbons (Fsp3) is 0.250. The van der Waals surface area contributed by atoms with Gasteiger partial charge >= 0.3 is 0 Å². The number of halogens is 2. The second-order valence-electron chi connectivity index (χ2n) is 12.0. The number of carbonyl (C=O) groups is 1. The van der Waals surface area contributed by atoms with Crippen molar-refractivity contribution in [2.24, 2.45) is 4.99 Å². The largest absolute Gasteiger partial charge is 0.481 e. The predicted octanol–water partition coefficient (Wildman–Crippen LogP) is 4.48. The lowest BCUT2D eigenvalue weighted by Gasteiger charge is -2.18. The highest BCUT2D eigenvalue weighted by Crippen LogP contribution is 2.42. The predicted molar refractivity (Wildman–Crippen MR) is 190 cm³/mol. The molecule has 1 fully saturated rings. The van der Waals surface area contributed by atoms with E-state index < -0.39 is 6.10 Å². The van der Waals surface area contributed by atoms with E-state index in [1.807, 2.05) is 60.7 Å². The molecule has 11 nitrogen and oxygen atoms in total. The molecule has 13 heteroatoms. The molecular weight excluding hydrogens is 665 g/mol. The lowest BCUT2D eigenvalue weighted by molar-refractivity contribution is -0.119. The second kappa shape index (κ2) is 14.0. The van der Waals surface area contributed by atoms with Crippen LogP contribution in [0.1, 0.15) is 24.0 Å². The first-order chi connectivity index (χ1) is 23.8. The Morgan fingerprint density at radius 1 is 1.00 bits per heavy atom. The van der Waals surface area contributed by atoms with Crippen LogP contribution in [-0.2, 0) is 11.3 Å². The molecule has 5 aromatic rings. The number of β-amino-alcohol motifs (C(OH)–C–C–N with tert-alkyl or cyclic N) is 1. The number of pyridine rings is 2. The van der Waals surface area contributed by atoms with Crippen LogP contribution >= 0.6 is 23.2 Å². The summed E-state index contributed by atoms with van der Waals surface area (Å²) < 4.78 is 7.10. The number of hydrogen-bond donors (Lipinski definition) is 4. The third-order valence-corrected chi connectivity index (χ3v) is 9.54. The Morgan fingerprint density at radius 3 is 2.47 bits per heavy atom. The van der Waals surface area contributed by atoms with Gasteiger partial charge in [0.15, 0.2) is 0 Å². The van der Waals surface area contributed by atoms with Crippen molar-refractivity contribution in [2.75, 3.05) is 26.7 Å². The van der Waals surface area contributed by atoms with Gasteiger partial charge in [-0.15, -0.1) is 0 Å². The molecule has 5 heterocycles. The molecule has 4 N–H and O–H groups in total. The zero-order valence-electron chi connectivity index (χ0n) is 26.5. The Balaban J connectivity index is 1.16. The molecule has 2 atom stereocenters. The molecule has 49 heavy (non-hydrogen) atoms. The van der Waals surface area contributed by atoms with Crippen LogP contribution in [0.5, 0.6) is 5.88 Å². The maximum atomic E-state index is 13.3. The Morgan fingerprint density at radius 2 is 1.76 bits per heavy atom. The number of benzene rings is 2. The number of aliphatic hydroxyl groups excluding tert-OH is 1. The molecule has 2 aromatic carbocycles. The molecule has 7 rings (SSSR count). The first-order valence-electron chi connectivity index (χ1n) is 15.9. The average Bonchev–Trinajstić information content (AvgIpc) is 3.54. The fourth-order valence-corrected chi connectivity index (χ4v) is 6.82. The number of aliphatic hydroxyl groups is 1. The Bertz CT molecular complexity index is 2170. The maximum Gasteiger partial charge on any atom is 0.268 e. The minimum Gasteiger partial charge on any atom is -0.481 e. The molecule has 3 aromatic heterocycles. The van der Waals surface area contributed by atoms with Gasteiger partial charge in [-0.3, -0.25) is 19.0 Å². The number of methoxy groups -OCH3 is 1. The van der Waals surface area contributed by atoms with Gasteiger partial charge in [0.25, 0.3) is 5.56 Å². The number of carbonyl (C=O) groups excluding carboxylic acids is 1. The number of amidine groups is 1. The van der Waals surface area contributed by atoms with Crippen LogP contribution in [0.15, 0.2) is 82.8 Å². The lowest BCUT2D eigenvalue weighted by atomic mass is 9.97. The Kier molecular flexibility index (Phi) is 9.33. The van der Waals surface area contributed by atoms with Crippen molar-refractivity contribution in [3.8, 4) is 39.4 Å². The van der Waals surface area contributed by atoms with Crippen molar-refractivity contribution in [2.45, 2.75) is 31.5 Å². The summed E-state index contributed by atoms with van der Waals surface area (Å²) in [6.45, 7) is 1.75. The minimum absolute atomic E-state index is 0.0906. The van der Waals surface area contributed by atoms with Gasteiger partial charge in [-0.05, 0) is 30.2 Å².